The smallest absolute Gasteiger partial charge is 0.336 e. The molecule has 0 atom stereocenters. The number of unbranched alkanes of at least 4 members (excludes halogenated alkanes) is 1. The van der Waals surface area contributed by atoms with Crippen LogP contribution in [0.1, 0.15) is 42.1 Å². The molecule has 2 N–H and O–H groups in total. The summed E-state index contributed by atoms with van der Waals surface area (Å²) in [5.74, 6) is -0.399. The molecule has 1 aliphatic rings. The summed E-state index contributed by atoms with van der Waals surface area (Å²) >= 11 is 0. The number of carbonyl (C=O) groups excluding carboxylic acids is 1. The molecule has 7 nitrogen and oxygen atoms in total. The Morgan fingerprint density at radius 3 is 2.31 bits per heavy atom. The molecule has 36 heavy (non-hydrogen) atoms. The van der Waals surface area contributed by atoms with Gasteiger partial charge in [0.25, 0.3) is 0 Å². The first-order valence-electron chi connectivity index (χ1n) is 11.5. The van der Waals surface area contributed by atoms with E-state index in [2.05, 4.69) is 46.3 Å². The van der Waals surface area contributed by atoms with Crippen molar-refractivity contribution in [2.24, 2.45) is 0 Å². The minimum atomic E-state index is -1.00. The van der Waals surface area contributed by atoms with Crippen molar-refractivity contribution in [3.63, 3.8) is 0 Å². The number of amides is 1. The first kappa shape index (κ1) is 31.3. The van der Waals surface area contributed by atoms with Crippen LogP contribution in [0.3, 0.4) is 0 Å². The van der Waals surface area contributed by atoms with Crippen LogP contribution in [0.4, 0.5) is 17.2 Å². The Hall–Kier alpha value is -2.74. The van der Waals surface area contributed by atoms with Gasteiger partial charge in [0.1, 0.15) is 5.82 Å². The molecule has 0 radical (unpaired) electrons. The van der Waals surface area contributed by atoms with Crippen molar-refractivity contribution < 1.29 is 14.7 Å². The van der Waals surface area contributed by atoms with Crippen molar-refractivity contribution >= 4 is 77.2 Å². The van der Waals surface area contributed by atoms with Crippen molar-refractivity contribution in [3.05, 3.63) is 59.7 Å². The normalized spacial score (nSPS) is 12.7. The van der Waals surface area contributed by atoms with Crippen LogP contribution in [0, 0.1) is 6.92 Å². The summed E-state index contributed by atoms with van der Waals surface area (Å²) in [7, 11) is 0. The van der Waals surface area contributed by atoms with Crippen molar-refractivity contribution in [3.8, 4) is 0 Å². The maximum absolute atomic E-state index is 12.1. The Bertz CT molecular complexity index is 1180. The molecule has 1 saturated heterocycles. The molecule has 1 aliphatic heterocycles. The zero-order chi connectivity index (χ0) is 23.4. The number of nitrogens with one attached hydrogen (secondary N) is 1. The molecule has 0 aliphatic carbocycles. The highest BCUT2D eigenvalue weighted by Gasteiger charge is 2.21. The number of carboxylic acids is 1. The van der Waals surface area contributed by atoms with Gasteiger partial charge in [-0.25, -0.2) is 9.78 Å². The van der Waals surface area contributed by atoms with Gasteiger partial charge in [0, 0.05) is 49.4 Å². The zero-order valence-corrected chi connectivity index (χ0v) is 22.8. The second kappa shape index (κ2) is 14.1. The van der Waals surface area contributed by atoms with Crippen molar-refractivity contribution in [1.29, 1.82) is 0 Å². The number of carboxylic acid groups (broad SMARTS) is 1. The second-order valence-corrected chi connectivity index (χ2v) is 8.53. The van der Waals surface area contributed by atoms with Gasteiger partial charge < -0.3 is 20.2 Å². The molecular formula is C26H33Cl3N4O3. The number of hydrogen-bond donors (Lipinski definition) is 2. The number of hydrogen-bond acceptors (Lipinski definition) is 5. The maximum atomic E-state index is 12.1. The third-order valence-electron chi connectivity index (χ3n) is 6.04. The van der Waals surface area contributed by atoms with E-state index in [0.29, 0.717) is 28.8 Å². The highest BCUT2D eigenvalue weighted by atomic mass is 35.5. The van der Waals surface area contributed by atoms with Gasteiger partial charge in [0.15, 0.2) is 0 Å². The van der Waals surface area contributed by atoms with E-state index in [9.17, 15) is 14.7 Å². The maximum Gasteiger partial charge on any atom is 0.336 e. The molecule has 2 aromatic carbocycles. The molecule has 1 amide bonds. The molecule has 10 heteroatoms. The summed E-state index contributed by atoms with van der Waals surface area (Å²) in [6, 6.07) is 15.4. The summed E-state index contributed by atoms with van der Waals surface area (Å²) < 4.78 is 0. The Labute approximate surface area is 230 Å². The van der Waals surface area contributed by atoms with E-state index in [1.807, 2.05) is 6.92 Å². The number of fused-ring (bicyclic) bond motifs is 1. The summed E-state index contributed by atoms with van der Waals surface area (Å²) in [6.45, 7) is 7.33. The first-order chi connectivity index (χ1) is 15.9. The lowest BCUT2D eigenvalue weighted by Gasteiger charge is -2.37. The van der Waals surface area contributed by atoms with E-state index >= 15 is 0 Å². The first-order valence-corrected chi connectivity index (χ1v) is 11.5. The van der Waals surface area contributed by atoms with Gasteiger partial charge in [-0.15, -0.1) is 37.2 Å². The van der Waals surface area contributed by atoms with Gasteiger partial charge in [-0.3, -0.25) is 4.79 Å². The summed E-state index contributed by atoms with van der Waals surface area (Å²) in [6.07, 6.45) is 2.22. The predicted octanol–water partition coefficient (Wildman–Crippen LogP) is 5.96. The van der Waals surface area contributed by atoms with Gasteiger partial charge in [0.05, 0.1) is 11.1 Å². The van der Waals surface area contributed by atoms with Crippen LogP contribution in [0.5, 0.6) is 0 Å². The fourth-order valence-electron chi connectivity index (χ4n) is 4.21. The van der Waals surface area contributed by atoms with Crippen LogP contribution in [0.15, 0.2) is 48.5 Å². The monoisotopic (exact) mass is 554 g/mol. The van der Waals surface area contributed by atoms with Crippen molar-refractivity contribution in [2.45, 2.75) is 33.1 Å². The van der Waals surface area contributed by atoms with Gasteiger partial charge in [-0.2, -0.15) is 0 Å². The summed E-state index contributed by atoms with van der Waals surface area (Å²) in [5, 5.41) is 13.3. The standard InChI is InChI=1S/C26H30N4O3.3ClH/c1-3-4-8-25(31)27-19-9-10-23-21(16-19)22(26(32)33)17-24(28-23)30-13-11-29(12-14-30)20-7-5-6-18(2)15-20;;;/h5-7,9-10,15-17H,3-4,8,11-14H2,1-2H3,(H,27,31)(H,32,33);3*1H. The quantitative estimate of drug-likeness (QED) is 0.374. The van der Waals surface area contributed by atoms with E-state index < -0.39 is 5.97 Å². The molecule has 3 aromatic rings. The van der Waals surface area contributed by atoms with Crippen LogP contribution < -0.4 is 15.1 Å². The lowest BCUT2D eigenvalue weighted by Crippen LogP contribution is -2.46. The van der Waals surface area contributed by atoms with E-state index in [-0.39, 0.29) is 48.7 Å². The number of halogens is 3. The predicted molar refractivity (Wildman–Crippen MR) is 154 cm³/mol. The van der Waals surface area contributed by atoms with E-state index in [1.165, 1.54) is 11.3 Å². The molecule has 2 heterocycles. The number of pyridine rings is 1. The molecule has 0 spiro atoms. The highest BCUT2D eigenvalue weighted by Crippen LogP contribution is 2.27. The van der Waals surface area contributed by atoms with Crippen molar-refractivity contribution in [2.75, 3.05) is 41.3 Å². The van der Waals surface area contributed by atoms with Gasteiger partial charge in [0.2, 0.25) is 5.91 Å². The van der Waals surface area contributed by atoms with Crippen LogP contribution in [0.25, 0.3) is 10.9 Å². The Morgan fingerprint density at radius 1 is 0.972 bits per heavy atom. The van der Waals surface area contributed by atoms with E-state index in [1.54, 1.807) is 24.3 Å². The van der Waals surface area contributed by atoms with Gasteiger partial charge in [-0.05, 0) is 55.3 Å². The zero-order valence-electron chi connectivity index (χ0n) is 20.4. The topological polar surface area (TPSA) is 85.8 Å². The van der Waals surface area contributed by atoms with Crippen LogP contribution in [-0.2, 0) is 4.79 Å². The lowest BCUT2D eigenvalue weighted by atomic mass is 10.1. The number of aromatic nitrogens is 1. The number of rotatable bonds is 7. The molecule has 1 fully saturated rings. The second-order valence-electron chi connectivity index (χ2n) is 8.53. The third-order valence-corrected chi connectivity index (χ3v) is 6.04. The van der Waals surface area contributed by atoms with Gasteiger partial charge >= 0.3 is 5.97 Å². The number of benzene rings is 2. The average molecular weight is 556 g/mol. The highest BCUT2D eigenvalue weighted by molar-refractivity contribution is 6.05. The third kappa shape index (κ3) is 7.38. The fourth-order valence-corrected chi connectivity index (χ4v) is 4.21. The van der Waals surface area contributed by atoms with E-state index in [0.717, 1.165) is 39.0 Å². The molecular weight excluding hydrogens is 523 g/mol. The fraction of sp³-hybridized carbons (Fsp3) is 0.346. The Balaban J connectivity index is 0.00000216. The number of aryl methyl sites for hydroxylation is 1. The number of anilines is 3. The van der Waals surface area contributed by atoms with Crippen LogP contribution in [0.2, 0.25) is 0 Å². The number of piperazine rings is 1. The number of aromatic carboxylic acids is 1. The average Bonchev–Trinajstić information content (AvgIpc) is 2.82. The Kier molecular flexibility index (Phi) is 12.3. The minimum Gasteiger partial charge on any atom is -0.478 e. The minimum absolute atomic E-state index is 0. The van der Waals surface area contributed by atoms with Crippen LogP contribution in [-0.4, -0.2) is 48.1 Å². The Morgan fingerprint density at radius 2 is 1.67 bits per heavy atom. The SMILES string of the molecule is CCCCC(=O)Nc1ccc2nc(N3CCN(c4cccc(C)c4)CC3)cc(C(=O)O)c2c1.Cl.Cl.Cl. The summed E-state index contributed by atoms with van der Waals surface area (Å²) in [4.78, 5) is 33.4. The number of carbonyl (C=O) groups is 2. The van der Waals surface area contributed by atoms with E-state index in [4.69, 9.17) is 4.98 Å². The van der Waals surface area contributed by atoms with Gasteiger partial charge in [-0.1, -0.05) is 25.5 Å². The molecule has 196 valence electrons. The molecule has 4 rings (SSSR count). The van der Waals surface area contributed by atoms with Crippen LogP contribution >= 0.6 is 37.2 Å². The molecule has 1 aromatic heterocycles. The van der Waals surface area contributed by atoms with Crippen molar-refractivity contribution in [1.82, 2.24) is 4.98 Å². The number of nitrogens with zero attached hydrogens (tertiary/aromatic N) is 3. The largest absolute Gasteiger partial charge is 0.478 e. The lowest BCUT2D eigenvalue weighted by molar-refractivity contribution is -0.116. The summed E-state index contributed by atoms with van der Waals surface area (Å²) in [5.41, 5.74) is 3.84. The molecule has 0 saturated carbocycles. The molecule has 0 unspecified atom stereocenters. The molecule has 0 bridgehead atoms.